The fourth-order valence-electron chi connectivity index (χ4n) is 2.43. The third-order valence-corrected chi connectivity index (χ3v) is 3.80. The molecule has 4 heteroatoms. The van der Waals surface area contributed by atoms with Crippen LogP contribution in [0.5, 0.6) is 0 Å². The Balaban J connectivity index is 2.40. The van der Waals surface area contributed by atoms with Gasteiger partial charge in [0.05, 0.1) is 6.61 Å². The highest BCUT2D eigenvalue weighted by molar-refractivity contribution is 4.83. The number of rotatable bonds is 7. The molecular formula is C14H31N3O. The van der Waals surface area contributed by atoms with E-state index in [9.17, 15) is 0 Å². The lowest BCUT2D eigenvalue weighted by atomic mass is 10.1. The van der Waals surface area contributed by atoms with Crippen molar-refractivity contribution >= 4 is 0 Å². The van der Waals surface area contributed by atoms with Crippen molar-refractivity contribution in [2.24, 2.45) is 5.92 Å². The van der Waals surface area contributed by atoms with Gasteiger partial charge in [-0.1, -0.05) is 13.8 Å². The van der Waals surface area contributed by atoms with Crippen LogP contribution in [0, 0.1) is 5.92 Å². The monoisotopic (exact) mass is 257 g/mol. The minimum absolute atomic E-state index is 0.505. The smallest absolute Gasteiger partial charge is 0.0630 e. The first-order valence-electron chi connectivity index (χ1n) is 7.18. The van der Waals surface area contributed by atoms with E-state index in [4.69, 9.17) is 4.74 Å². The second-order valence-corrected chi connectivity index (χ2v) is 5.99. The van der Waals surface area contributed by atoms with Gasteiger partial charge in [0.15, 0.2) is 0 Å². The van der Waals surface area contributed by atoms with E-state index in [-0.39, 0.29) is 0 Å². The fraction of sp³-hybridized carbons (Fsp3) is 1.00. The third kappa shape index (κ3) is 5.22. The molecule has 18 heavy (non-hydrogen) atoms. The van der Waals surface area contributed by atoms with E-state index in [1.807, 2.05) is 0 Å². The number of nitrogens with one attached hydrogen (secondary N) is 1. The summed E-state index contributed by atoms with van der Waals surface area (Å²) in [6.07, 6.45) is 0. The van der Waals surface area contributed by atoms with Crippen LogP contribution in [0.2, 0.25) is 0 Å². The molecule has 0 aromatic carbocycles. The number of likely N-dealkylation sites (N-methyl/N-ethyl adjacent to an activating group) is 1. The van der Waals surface area contributed by atoms with Gasteiger partial charge in [-0.2, -0.15) is 0 Å². The van der Waals surface area contributed by atoms with E-state index >= 15 is 0 Å². The molecule has 1 heterocycles. The Labute approximate surface area is 113 Å². The Kier molecular flexibility index (Phi) is 7.15. The summed E-state index contributed by atoms with van der Waals surface area (Å²) in [6.45, 7) is 13.2. The van der Waals surface area contributed by atoms with Crippen LogP contribution in [0.1, 0.15) is 20.8 Å². The van der Waals surface area contributed by atoms with Crippen LogP contribution in [-0.4, -0.2) is 75.4 Å². The predicted octanol–water partition coefficient (Wildman–Crippen LogP) is 0.883. The topological polar surface area (TPSA) is 27.7 Å². The van der Waals surface area contributed by atoms with Crippen molar-refractivity contribution < 1.29 is 4.74 Å². The van der Waals surface area contributed by atoms with Gasteiger partial charge in [0.25, 0.3) is 0 Å². The average Bonchev–Trinajstić information content (AvgIpc) is 2.31. The molecule has 0 saturated carbocycles. The maximum Gasteiger partial charge on any atom is 0.0630 e. The normalized spacial score (nSPS) is 24.7. The summed E-state index contributed by atoms with van der Waals surface area (Å²) in [4.78, 5) is 5.00. The zero-order valence-corrected chi connectivity index (χ0v) is 12.8. The molecule has 1 aliphatic heterocycles. The van der Waals surface area contributed by atoms with Gasteiger partial charge in [0.1, 0.15) is 0 Å². The second-order valence-electron chi connectivity index (χ2n) is 5.99. The summed E-state index contributed by atoms with van der Waals surface area (Å²) in [6, 6.07) is 1.15. The van der Waals surface area contributed by atoms with Crippen molar-refractivity contribution in [1.29, 1.82) is 0 Å². The molecule has 0 amide bonds. The lowest BCUT2D eigenvalue weighted by Gasteiger charge is -2.41. The predicted molar refractivity (Wildman–Crippen MR) is 77.0 cm³/mol. The second kappa shape index (κ2) is 8.10. The Hall–Kier alpha value is -0.160. The highest BCUT2D eigenvalue weighted by Gasteiger charge is 2.26. The van der Waals surface area contributed by atoms with Crippen LogP contribution in [-0.2, 0) is 4.74 Å². The van der Waals surface area contributed by atoms with Crippen LogP contribution in [0.15, 0.2) is 0 Å². The summed E-state index contributed by atoms with van der Waals surface area (Å²) >= 11 is 0. The van der Waals surface area contributed by atoms with Crippen LogP contribution < -0.4 is 5.32 Å². The quantitative estimate of drug-likeness (QED) is 0.733. The van der Waals surface area contributed by atoms with Crippen LogP contribution in [0.4, 0.5) is 0 Å². The third-order valence-electron chi connectivity index (χ3n) is 3.80. The molecule has 1 rings (SSSR count). The molecule has 108 valence electrons. The van der Waals surface area contributed by atoms with Gasteiger partial charge in [0, 0.05) is 45.4 Å². The van der Waals surface area contributed by atoms with Gasteiger partial charge in [-0.15, -0.1) is 0 Å². The molecular weight excluding hydrogens is 226 g/mol. The van der Waals surface area contributed by atoms with Gasteiger partial charge >= 0.3 is 0 Å². The van der Waals surface area contributed by atoms with E-state index in [1.54, 1.807) is 7.11 Å². The number of nitrogens with zero attached hydrogens (tertiary/aromatic N) is 2. The van der Waals surface area contributed by atoms with Crippen molar-refractivity contribution in [1.82, 2.24) is 15.1 Å². The molecule has 1 saturated heterocycles. The summed E-state index contributed by atoms with van der Waals surface area (Å²) < 4.78 is 5.38. The first kappa shape index (κ1) is 15.9. The van der Waals surface area contributed by atoms with E-state index in [0.29, 0.717) is 18.0 Å². The van der Waals surface area contributed by atoms with Gasteiger partial charge < -0.3 is 15.0 Å². The minimum atomic E-state index is 0.505. The molecule has 2 atom stereocenters. The SMILES string of the molecule is COCC(CNCC(C)C)N1CCN(C)C(C)C1. The summed E-state index contributed by atoms with van der Waals surface area (Å²) in [5.74, 6) is 0.708. The number of methoxy groups -OCH3 is 1. The number of hydrogen-bond donors (Lipinski definition) is 1. The number of piperazine rings is 1. The molecule has 2 unspecified atom stereocenters. The van der Waals surface area contributed by atoms with Gasteiger partial charge in [-0.3, -0.25) is 4.90 Å². The Morgan fingerprint density at radius 1 is 1.28 bits per heavy atom. The lowest BCUT2D eigenvalue weighted by Crippen LogP contribution is -2.56. The van der Waals surface area contributed by atoms with Gasteiger partial charge in [0.2, 0.25) is 0 Å². The fourth-order valence-corrected chi connectivity index (χ4v) is 2.43. The molecule has 0 bridgehead atoms. The molecule has 0 aliphatic carbocycles. The summed E-state index contributed by atoms with van der Waals surface area (Å²) in [5, 5.41) is 3.56. The zero-order chi connectivity index (χ0) is 13.5. The molecule has 0 aromatic rings. The van der Waals surface area contributed by atoms with Crippen molar-refractivity contribution in [2.75, 3.05) is 53.5 Å². The Bertz CT molecular complexity index is 223. The van der Waals surface area contributed by atoms with Gasteiger partial charge in [-0.25, -0.2) is 0 Å². The van der Waals surface area contributed by atoms with Crippen molar-refractivity contribution in [3.05, 3.63) is 0 Å². The Morgan fingerprint density at radius 2 is 2.00 bits per heavy atom. The molecule has 0 radical (unpaired) electrons. The zero-order valence-electron chi connectivity index (χ0n) is 12.8. The molecule has 1 aliphatic rings. The highest BCUT2D eigenvalue weighted by Crippen LogP contribution is 2.10. The van der Waals surface area contributed by atoms with Crippen molar-refractivity contribution in [2.45, 2.75) is 32.9 Å². The first-order chi connectivity index (χ1) is 8.54. The molecule has 0 aromatic heterocycles. The van der Waals surface area contributed by atoms with Crippen LogP contribution in [0.3, 0.4) is 0 Å². The van der Waals surface area contributed by atoms with Gasteiger partial charge in [-0.05, 0) is 26.4 Å². The largest absolute Gasteiger partial charge is 0.383 e. The highest BCUT2D eigenvalue weighted by atomic mass is 16.5. The van der Waals surface area contributed by atoms with Crippen LogP contribution >= 0.6 is 0 Å². The lowest BCUT2D eigenvalue weighted by molar-refractivity contribution is 0.0342. The molecule has 1 N–H and O–H groups in total. The first-order valence-corrected chi connectivity index (χ1v) is 7.18. The standard InChI is InChI=1S/C14H31N3O/c1-12(2)8-15-9-14(11-18-5)17-7-6-16(4)13(3)10-17/h12-15H,6-11H2,1-5H3. The van der Waals surface area contributed by atoms with E-state index in [1.165, 1.54) is 0 Å². The number of ether oxygens (including phenoxy) is 1. The minimum Gasteiger partial charge on any atom is -0.383 e. The van der Waals surface area contributed by atoms with E-state index < -0.39 is 0 Å². The van der Waals surface area contributed by atoms with Crippen molar-refractivity contribution in [3.8, 4) is 0 Å². The van der Waals surface area contributed by atoms with E-state index in [2.05, 4.69) is 42.9 Å². The van der Waals surface area contributed by atoms with Crippen LogP contribution in [0.25, 0.3) is 0 Å². The average molecular weight is 257 g/mol. The molecule has 4 nitrogen and oxygen atoms in total. The number of hydrogen-bond acceptors (Lipinski definition) is 4. The van der Waals surface area contributed by atoms with Crippen molar-refractivity contribution in [3.63, 3.8) is 0 Å². The maximum absolute atomic E-state index is 5.38. The summed E-state index contributed by atoms with van der Waals surface area (Å²) in [5.41, 5.74) is 0. The molecule has 0 spiro atoms. The summed E-state index contributed by atoms with van der Waals surface area (Å²) in [7, 11) is 4.01. The molecule has 1 fully saturated rings. The van der Waals surface area contributed by atoms with E-state index in [0.717, 1.165) is 39.3 Å². The maximum atomic E-state index is 5.38. The Morgan fingerprint density at radius 3 is 2.56 bits per heavy atom.